The van der Waals surface area contributed by atoms with Crippen LogP contribution in [-0.4, -0.2) is 37.6 Å². The quantitative estimate of drug-likeness (QED) is 0.641. The maximum atomic E-state index is 3.26. The highest BCUT2D eigenvalue weighted by molar-refractivity contribution is 4.69. The van der Waals surface area contributed by atoms with Crippen LogP contribution in [0.3, 0.4) is 0 Å². The van der Waals surface area contributed by atoms with E-state index in [-0.39, 0.29) is 0 Å². The molecule has 0 aliphatic carbocycles. The molecule has 0 aromatic carbocycles. The van der Waals surface area contributed by atoms with Crippen molar-refractivity contribution >= 4 is 0 Å². The predicted octanol–water partition coefficient (Wildman–Crippen LogP) is 1.08. The molecule has 1 fully saturated rings. The average Bonchev–Trinajstić information content (AvgIpc) is 1.94. The topological polar surface area (TPSA) is 15.3 Å². The van der Waals surface area contributed by atoms with Crippen molar-refractivity contribution in [1.29, 1.82) is 0 Å². The highest BCUT2D eigenvalue weighted by Gasteiger charge is 2.12. The molecule has 2 nitrogen and oxygen atoms in total. The van der Waals surface area contributed by atoms with Gasteiger partial charge in [-0.3, -0.25) is 0 Å². The molecular formula is C9H20N2. The fourth-order valence-corrected chi connectivity index (χ4v) is 1.37. The van der Waals surface area contributed by atoms with E-state index in [1.807, 2.05) is 7.05 Å². The number of nitrogens with one attached hydrogen (secondary N) is 1. The van der Waals surface area contributed by atoms with E-state index in [0.717, 1.165) is 0 Å². The Labute approximate surface area is 70.0 Å². The highest BCUT2D eigenvalue weighted by atomic mass is 15.2. The van der Waals surface area contributed by atoms with E-state index in [4.69, 9.17) is 0 Å². The second-order valence-corrected chi connectivity index (χ2v) is 3.53. The molecule has 2 heteroatoms. The minimum atomic E-state index is 0.691. The van der Waals surface area contributed by atoms with Gasteiger partial charge in [-0.2, -0.15) is 0 Å². The Morgan fingerprint density at radius 3 is 2.64 bits per heavy atom. The molecule has 0 unspecified atom stereocenters. The Morgan fingerprint density at radius 2 is 2.18 bits per heavy atom. The van der Waals surface area contributed by atoms with E-state index in [0.29, 0.717) is 6.04 Å². The van der Waals surface area contributed by atoms with E-state index < -0.39 is 0 Å². The van der Waals surface area contributed by atoms with E-state index in [1.54, 1.807) is 0 Å². The molecule has 0 aromatic heterocycles. The standard InChI is InChI=1S/C9H20N2/c1-9(10-2)5-3-6-11-7-4-8-11/h9-10H,3-8H2,1-2H3/t9-/m0/s1. The largest absolute Gasteiger partial charge is 0.317 e. The number of nitrogens with zero attached hydrogens (tertiary/aromatic N) is 1. The van der Waals surface area contributed by atoms with Crippen molar-refractivity contribution in [2.75, 3.05) is 26.7 Å². The van der Waals surface area contributed by atoms with Gasteiger partial charge in [0.2, 0.25) is 0 Å². The van der Waals surface area contributed by atoms with Gasteiger partial charge in [0.25, 0.3) is 0 Å². The zero-order chi connectivity index (χ0) is 8.10. The Bertz CT molecular complexity index is 95.0. The summed E-state index contributed by atoms with van der Waals surface area (Å²) in [5, 5.41) is 3.26. The van der Waals surface area contributed by atoms with Gasteiger partial charge in [-0.25, -0.2) is 0 Å². The first-order valence-electron chi connectivity index (χ1n) is 4.72. The third kappa shape index (κ3) is 3.21. The van der Waals surface area contributed by atoms with Crippen LogP contribution in [0.4, 0.5) is 0 Å². The van der Waals surface area contributed by atoms with Crippen LogP contribution in [0.1, 0.15) is 26.2 Å². The third-order valence-corrected chi connectivity index (χ3v) is 2.55. The minimum Gasteiger partial charge on any atom is -0.317 e. The van der Waals surface area contributed by atoms with Crippen LogP contribution in [0, 0.1) is 0 Å². The van der Waals surface area contributed by atoms with Crippen LogP contribution >= 0.6 is 0 Å². The summed E-state index contributed by atoms with van der Waals surface area (Å²) in [5.41, 5.74) is 0. The first kappa shape index (κ1) is 9.01. The summed E-state index contributed by atoms with van der Waals surface area (Å²) in [6.07, 6.45) is 4.08. The van der Waals surface area contributed by atoms with Gasteiger partial charge in [0.15, 0.2) is 0 Å². The van der Waals surface area contributed by atoms with E-state index in [1.165, 1.54) is 38.9 Å². The van der Waals surface area contributed by atoms with E-state index >= 15 is 0 Å². The normalized spacial score (nSPS) is 21.3. The van der Waals surface area contributed by atoms with Gasteiger partial charge in [-0.1, -0.05) is 0 Å². The molecule has 1 N–H and O–H groups in total. The number of hydrogen-bond donors (Lipinski definition) is 1. The molecule has 0 saturated carbocycles. The summed E-state index contributed by atoms with van der Waals surface area (Å²) >= 11 is 0. The molecule has 66 valence electrons. The van der Waals surface area contributed by atoms with Crippen molar-refractivity contribution in [1.82, 2.24) is 10.2 Å². The summed E-state index contributed by atoms with van der Waals surface area (Å²) in [6, 6.07) is 0.691. The Balaban J connectivity index is 1.86. The molecular weight excluding hydrogens is 136 g/mol. The minimum absolute atomic E-state index is 0.691. The molecule has 0 bridgehead atoms. The van der Waals surface area contributed by atoms with Crippen LogP contribution in [0.15, 0.2) is 0 Å². The average molecular weight is 156 g/mol. The fraction of sp³-hybridized carbons (Fsp3) is 1.00. The van der Waals surface area contributed by atoms with Gasteiger partial charge in [-0.05, 0) is 52.9 Å². The zero-order valence-electron chi connectivity index (χ0n) is 7.77. The van der Waals surface area contributed by atoms with Gasteiger partial charge in [0.1, 0.15) is 0 Å². The predicted molar refractivity (Wildman–Crippen MR) is 48.8 cm³/mol. The molecule has 0 amide bonds. The second kappa shape index (κ2) is 4.73. The maximum Gasteiger partial charge on any atom is 0.00362 e. The number of rotatable bonds is 5. The lowest BCUT2D eigenvalue weighted by Gasteiger charge is -2.30. The number of likely N-dealkylation sites (tertiary alicyclic amines) is 1. The summed E-state index contributed by atoms with van der Waals surface area (Å²) in [6.45, 7) is 6.24. The molecule has 1 heterocycles. The molecule has 1 aliphatic rings. The van der Waals surface area contributed by atoms with Crippen LogP contribution in [0.25, 0.3) is 0 Å². The lowest BCUT2D eigenvalue weighted by Crippen LogP contribution is -2.38. The lowest BCUT2D eigenvalue weighted by atomic mass is 10.1. The Hall–Kier alpha value is -0.0800. The molecule has 11 heavy (non-hydrogen) atoms. The first-order chi connectivity index (χ1) is 5.33. The summed E-state index contributed by atoms with van der Waals surface area (Å²) in [4.78, 5) is 2.53. The van der Waals surface area contributed by atoms with Gasteiger partial charge in [-0.15, -0.1) is 0 Å². The van der Waals surface area contributed by atoms with Crippen molar-refractivity contribution in [3.05, 3.63) is 0 Å². The lowest BCUT2D eigenvalue weighted by molar-refractivity contribution is 0.176. The first-order valence-corrected chi connectivity index (χ1v) is 4.72. The van der Waals surface area contributed by atoms with Crippen molar-refractivity contribution in [3.63, 3.8) is 0 Å². The van der Waals surface area contributed by atoms with Crippen molar-refractivity contribution < 1.29 is 0 Å². The van der Waals surface area contributed by atoms with E-state index in [2.05, 4.69) is 17.1 Å². The van der Waals surface area contributed by atoms with Crippen molar-refractivity contribution in [2.45, 2.75) is 32.2 Å². The molecule has 1 atom stereocenters. The van der Waals surface area contributed by atoms with Gasteiger partial charge in [0.05, 0.1) is 0 Å². The van der Waals surface area contributed by atoms with Crippen LogP contribution in [0.2, 0.25) is 0 Å². The summed E-state index contributed by atoms with van der Waals surface area (Å²) < 4.78 is 0. The van der Waals surface area contributed by atoms with Crippen LogP contribution < -0.4 is 5.32 Å². The van der Waals surface area contributed by atoms with Gasteiger partial charge in [0, 0.05) is 6.04 Å². The van der Waals surface area contributed by atoms with Crippen LogP contribution in [0.5, 0.6) is 0 Å². The monoisotopic (exact) mass is 156 g/mol. The van der Waals surface area contributed by atoms with Crippen molar-refractivity contribution in [3.8, 4) is 0 Å². The molecule has 0 aromatic rings. The van der Waals surface area contributed by atoms with Gasteiger partial charge >= 0.3 is 0 Å². The van der Waals surface area contributed by atoms with E-state index in [9.17, 15) is 0 Å². The molecule has 1 rings (SSSR count). The zero-order valence-corrected chi connectivity index (χ0v) is 7.77. The summed E-state index contributed by atoms with van der Waals surface area (Å²) in [7, 11) is 2.04. The SMILES string of the molecule is CN[C@@H](C)CCCN1CCC1. The number of hydrogen-bond acceptors (Lipinski definition) is 2. The Kier molecular flexibility index (Phi) is 3.87. The fourth-order valence-electron chi connectivity index (χ4n) is 1.37. The molecule has 1 saturated heterocycles. The molecule has 1 aliphatic heterocycles. The summed E-state index contributed by atoms with van der Waals surface area (Å²) in [5.74, 6) is 0. The molecule has 0 spiro atoms. The smallest absolute Gasteiger partial charge is 0.00362 e. The Morgan fingerprint density at radius 1 is 1.45 bits per heavy atom. The third-order valence-electron chi connectivity index (χ3n) is 2.55. The highest BCUT2D eigenvalue weighted by Crippen LogP contribution is 2.07. The molecule has 0 radical (unpaired) electrons. The van der Waals surface area contributed by atoms with Gasteiger partial charge < -0.3 is 10.2 Å². The maximum absolute atomic E-state index is 3.26. The van der Waals surface area contributed by atoms with Crippen molar-refractivity contribution in [2.24, 2.45) is 0 Å². The second-order valence-electron chi connectivity index (χ2n) is 3.53. The van der Waals surface area contributed by atoms with Crippen LogP contribution in [-0.2, 0) is 0 Å².